The highest BCUT2D eigenvalue weighted by molar-refractivity contribution is 5.41. The number of hydrogen-bond donors (Lipinski definition) is 1. The molecule has 1 saturated heterocycles. The lowest BCUT2D eigenvalue weighted by atomic mass is 9.94. The number of nitrogens with zero attached hydrogens (tertiary/aromatic N) is 2. The van der Waals surface area contributed by atoms with E-state index in [0.29, 0.717) is 6.42 Å². The molecule has 2 fully saturated rings. The highest BCUT2D eigenvalue weighted by atomic mass is 16.5. The van der Waals surface area contributed by atoms with Crippen LogP contribution in [0.15, 0.2) is 6.20 Å². The Kier molecular flexibility index (Phi) is 3.46. The molecule has 1 aliphatic carbocycles. The molecule has 0 bridgehead atoms. The van der Waals surface area contributed by atoms with Gasteiger partial charge >= 0.3 is 0 Å². The molecule has 0 radical (unpaired) electrons. The molecule has 0 aromatic carbocycles. The molecule has 1 atom stereocenters. The summed E-state index contributed by atoms with van der Waals surface area (Å²) in [6.45, 7) is 5.84. The van der Waals surface area contributed by atoms with Crippen LogP contribution in [0.1, 0.15) is 36.1 Å². The van der Waals surface area contributed by atoms with Crippen molar-refractivity contribution in [3.63, 3.8) is 0 Å². The first-order valence-electron chi connectivity index (χ1n) is 7.48. The Hall–Kier alpha value is -1.13. The predicted octanol–water partition coefficient (Wildman–Crippen LogP) is 1.85. The number of rotatable bonds is 4. The van der Waals surface area contributed by atoms with Crippen LogP contribution >= 0.6 is 0 Å². The van der Waals surface area contributed by atoms with Gasteiger partial charge in [-0.15, -0.1) is 0 Å². The summed E-state index contributed by atoms with van der Waals surface area (Å²) in [7, 11) is 1.69. The van der Waals surface area contributed by atoms with E-state index in [1.807, 2.05) is 20.0 Å². The molecule has 1 saturated carbocycles. The SMILES string of the molecule is COc1c(C)cnc(CC2(O)CCN(C3CC3)C2)c1C. The van der Waals surface area contributed by atoms with Crippen LogP contribution in [-0.2, 0) is 6.42 Å². The smallest absolute Gasteiger partial charge is 0.128 e. The van der Waals surface area contributed by atoms with Crippen LogP contribution in [0.3, 0.4) is 0 Å². The molecular weight excluding hydrogens is 252 g/mol. The average Bonchev–Trinajstić information content (AvgIpc) is 3.18. The fraction of sp³-hybridized carbons (Fsp3) is 0.688. The van der Waals surface area contributed by atoms with Crippen molar-refractivity contribution in [3.8, 4) is 5.75 Å². The van der Waals surface area contributed by atoms with Crippen molar-refractivity contribution in [2.75, 3.05) is 20.2 Å². The van der Waals surface area contributed by atoms with E-state index >= 15 is 0 Å². The van der Waals surface area contributed by atoms with Crippen molar-refractivity contribution in [1.82, 2.24) is 9.88 Å². The summed E-state index contributed by atoms with van der Waals surface area (Å²) in [4.78, 5) is 6.95. The van der Waals surface area contributed by atoms with Crippen LogP contribution in [0.5, 0.6) is 5.75 Å². The minimum atomic E-state index is -0.624. The zero-order chi connectivity index (χ0) is 14.3. The Morgan fingerprint density at radius 2 is 2.20 bits per heavy atom. The summed E-state index contributed by atoms with van der Waals surface area (Å²) in [5.74, 6) is 0.899. The number of pyridine rings is 1. The molecule has 2 aliphatic rings. The fourth-order valence-electron chi connectivity index (χ4n) is 3.34. The first-order valence-corrected chi connectivity index (χ1v) is 7.48. The molecule has 1 aromatic heterocycles. The Morgan fingerprint density at radius 1 is 1.45 bits per heavy atom. The molecule has 1 N–H and O–H groups in total. The summed E-state index contributed by atoms with van der Waals surface area (Å²) in [6, 6.07) is 0.727. The molecule has 2 heterocycles. The van der Waals surface area contributed by atoms with E-state index in [0.717, 1.165) is 48.1 Å². The zero-order valence-corrected chi connectivity index (χ0v) is 12.6. The number of methoxy groups -OCH3 is 1. The third-order valence-corrected chi connectivity index (χ3v) is 4.67. The van der Waals surface area contributed by atoms with Gasteiger partial charge in [0.1, 0.15) is 5.75 Å². The van der Waals surface area contributed by atoms with E-state index < -0.39 is 5.60 Å². The second-order valence-electron chi connectivity index (χ2n) is 6.40. The van der Waals surface area contributed by atoms with Gasteiger partial charge in [0.2, 0.25) is 0 Å². The standard InChI is InChI=1S/C16H24N2O2/c1-11-9-17-14(12(2)15(11)20-3)8-16(19)6-7-18(10-16)13-4-5-13/h9,13,19H,4-8,10H2,1-3H3. The Morgan fingerprint density at radius 3 is 2.85 bits per heavy atom. The summed E-state index contributed by atoms with van der Waals surface area (Å²) < 4.78 is 5.45. The topological polar surface area (TPSA) is 45.6 Å². The highest BCUT2D eigenvalue weighted by Crippen LogP contribution is 2.35. The summed E-state index contributed by atoms with van der Waals surface area (Å²) in [5, 5.41) is 10.8. The summed E-state index contributed by atoms with van der Waals surface area (Å²) in [5.41, 5.74) is 2.45. The van der Waals surface area contributed by atoms with Crippen molar-refractivity contribution in [2.45, 2.75) is 51.2 Å². The molecule has 0 amide bonds. The van der Waals surface area contributed by atoms with Crippen LogP contribution in [0.2, 0.25) is 0 Å². The number of aromatic nitrogens is 1. The number of hydrogen-bond acceptors (Lipinski definition) is 4. The normalized spacial score (nSPS) is 27.0. The minimum Gasteiger partial charge on any atom is -0.496 e. The van der Waals surface area contributed by atoms with E-state index in [4.69, 9.17) is 4.74 Å². The third kappa shape index (κ3) is 2.54. The van der Waals surface area contributed by atoms with Crippen LogP contribution < -0.4 is 4.74 Å². The van der Waals surface area contributed by atoms with Crippen molar-refractivity contribution >= 4 is 0 Å². The maximum absolute atomic E-state index is 10.8. The lowest BCUT2D eigenvalue weighted by Crippen LogP contribution is -2.36. The lowest BCUT2D eigenvalue weighted by molar-refractivity contribution is 0.0476. The molecule has 4 heteroatoms. The van der Waals surface area contributed by atoms with E-state index in [1.54, 1.807) is 7.11 Å². The first-order chi connectivity index (χ1) is 9.52. The van der Waals surface area contributed by atoms with Crippen molar-refractivity contribution in [2.24, 2.45) is 0 Å². The summed E-state index contributed by atoms with van der Waals surface area (Å²) >= 11 is 0. The van der Waals surface area contributed by atoms with Crippen LogP contribution in [-0.4, -0.2) is 46.8 Å². The van der Waals surface area contributed by atoms with Gasteiger partial charge in [0.15, 0.2) is 0 Å². The molecular formula is C16H24N2O2. The van der Waals surface area contributed by atoms with Gasteiger partial charge in [-0.05, 0) is 33.1 Å². The monoisotopic (exact) mass is 276 g/mol. The van der Waals surface area contributed by atoms with Crippen molar-refractivity contribution in [1.29, 1.82) is 0 Å². The number of likely N-dealkylation sites (tertiary alicyclic amines) is 1. The highest BCUT2D eigenvalue weighted by Gasteiger charge is 2.42. The molecule has 1 unspecified atom stereocenters. The average molecular weight is 276 g/mol. The minimum absolute atomic E-state index is 0.624. The van der Waals surface area contributed by atoms with Gasteiger partial charge in [0, 0.05) is 48.6 Å². The van der Waals surface area contributed by atoms with Gasteiger partial charge in [-0.2, -0.15) is 0 Å². The van der Waals surface area contributed by atoms with Gasteiger partial charge < -0.3 is 9.84 Å². The third-order valence-electron chi connectivity index (χ3n) is 4.67. The molecule has 1 aliphatic heterocycles. The maximum atomic E-state index is 10.8. The van der Waals surface area contributed by atoms with Gasteiger partial charge in [-0.25, -0.2) is 0 Å². The van der Waals surface area contributed by atoms with Crippen LogP contribution in [0.25, 0.3) is 0 Å². The predicted molar refractivity (Wildman–Crippen MR) is 78.1 cm³/mol. The van der Waals surface area contributed by atoms with E-state index in [-0.39, 0.29) is 0 Å². The quantitative estimate of drug-likeness (QED) is 0.911. The van der Waals surface area contributed by atoms with E-state index in [2.05, 4.69) is 9.88 Å². The second-order valence-corrected chi connectivity index (χ2v) is 6.40. The Bertz CT molecular complexity index is 513. The Balaban J connectivity index is 1.77. The molecule has 20 heavy (non-hydrogen) atoms. The number of β-amino-alcohol motifs (C(OH)–C–C–N with tert-alkyl or cyclic N) is 1. The van der Waals surface area contributed by atoms with Gasteiger partial charge in [-0.3, -0.25) is 9.88 Å². The van der Waals surface area contributed by atoms with E-state index in [1.165, 1.54) is 12.8 Å². The van der Waals surface area contributed by atoms with Crippen LogP contribution in [0, 0.1) is 13.8 Å². The number of aryl methyl sites for hydroxylation is 1. The Labute approximate surface area is 120 Å². The lowest BCUT2D eigenvalue weighted by Gasteiger charge is -2.24. The maximum Gasteiger partial charge on any atom is 0.128 e. The summed E-state index contributed by atoms with van der Waals surface area (Å²) in [6.07, 6.45) is 5.91. The molecule has 3 rings (SSSR count). The zero-order valence-electron chi connectivity index (χ0n) is 12.6. The number of ether oxygens (including phenoxy) is 1. The van der Waals surface area contributed by atoms with Gasteiger partial charge in [0.25, 0.3) is 0 Å². The molecule has 0 spiro atoms. The molecule has 110 valence electrons. The first kappa shape index (κ1) is 13.8. The van der Waals surface area contributed by atoms with Gasteiger partial charge in [-0.1, -0.05) is 0 Å². The van der Waals surface area contributed by atoms with Gasteiger partial charge in [0.05, 0.1) is 12.7 Å². The molecule has 4 nitrogen and oxygen atoms in total. The van der Waals surface area contributed by atoms with Crippen molar-refractivity contribution in [3.05, 3.63) is 23.0 Å². The largest absolute Gasteiger partial charge is 0.496 e. The van der Waals surface area contributed by atoms with Crippen molar-refractivity contribution < 1.29 is 9.84 Å². The number of aliphatic hydroxyl groups is 1. The fourth-order valence-corrected chi connectivity index (χ4v) is 3.34. The molecule has 1 aromatic rings. The second kappa shape index (κ2) is 5.01. The van der Waals surface area contributed by atoms with Crippen LogP contribution in [0.4, 0.5) is 0 Å². The van der Waals surface area contributed by atoms with E-state index in [9.17, 15) is 5.11 Å².